The first-order valence-corrected chi connectivity index (χ1v) is 6.45. The van der Waals surface area contributed by atoms with Gasteiger partial charge in [0.2, 0.25) is 0 Å². The van der Waals surface area contributed by atoms with E-state index in [9.17, 15) is 0 Å². The minimum atomic E-state index is 0.0708. The molecule has 3 rings (SSSR count). The van der Waals surface area contributed by atoms with Gasteiger partial charge < -0.3 is 5.11 Å². The number of aromatic nitrogens is 1. The highest BCUT2D eigenvalue weighted by Gasteiger charge is 2.27. The Bertz CT molecular complexity index is 380. The molecule has 1 heterocycles. The summed E-state index contributed by atoms with van der Waals surface area (Å²) >= 11 is 0. The number of nitrogens with zero attached hydrogens (tertiary/aromatic N) is 1. The second kappa shape index (κ2) is 4.17. The minimum absolute atomic E-state index is 0.0708. The largest absolute Gasteiger partial charge is 0.390 e. The Labute approximate surface area is 96.7 Å². The van der Waals surface area contributed by atoms with Gasteiger partial charge in [0.25, 0.3) is 0 Å². The normalized spacial score (nSPS) is 20.1. The summed E-state index contributed by atoms with van der Waals surface area (Å²) < 4.78 is 0. The Morgan fingerprint density at radius 2 is 2.06 bits per heavy atom. The molecule has 2 saturated carbocycles. The van der Waals surface area contributed by atoms with E-state index in [2.05, 4.69) is 11.1 Å². The van der Waals surface area contributed by atoms with Crippen molar-refractivity contribution in [1.82, 2.24) is 4.98 Å². The van der Waals surface area contributed by atoms with E-state index in [1.807, 2.05) is 6.20 Å². The monoisotopic (exact) mass is 217 g/mol. The molecular weight excluding hydrogens is 198 g/mol. The van der Waals surface area contributed by atoms with E-state index in [0.717, 1.165) is 17.5 Å². The zero-order valence-corrected chi connectivity index (χ0v) is 9.65. The Morgan fingerprint density at radius 1 is 1.25 bits per heavy atom. The molecule has 0 saturated heterocycles. The zero-order valence-electron chi connectivity index (χ0n) is 9.65. The van der Waals surface area contributed by atoms with Gasteiger partial charge in [-0.05, 0) is 54.7 Å². The maximum absolute atomic E-state index is 9.13. The fourth-order valence-corrected chi connectivity index (χ4v) is 2.39. The summed E-state index contributed by atoms with van der Waals surface area (Å²) in [7, 11) is 0. The summed E-state index contributed by atoms with van der Waals surface area (Å²) in [4.78, 5) is 4.31. The predicted octanol–water partition coefficient (Wildman–Crippen LogP) is 2.79. The molecule has 0 aromatic carbocycles. The lowest BCUT2D eigenvalue weighted by Gasteiger charge is -2.09. The summed E-state index contributed by atoms with van der Waals surface area (Å²) in [6.07, 6.45) is 10.0. The second-order valence-electron chi connectivity index (χ2n) is 5.29. The highest BCUT2D eigenvalue weighted by atomic mass is 16.3. The van der Waals surface area contributed by atoms with Gasteiger partial charge in [0.15, 0.2) is 0 Å². The summed E-state index contributed by atoms with van der Waals surface area (Å²) in [5.74, 6) is 1.76. The van der Waals surface area contributed by atoms with E-state index in [4.69, 9.17) is 5.11 Å². The molecule has 2 aliphatic carbocycles. The summed E-state index contributed by atoms with van der Waals surface area (Å²) in [6.45, 7) is 0.0708. The lowest BCUT2D eigenvalue weighted by Crippen LogP contribution is -1.99. The Hall–Kier alpha value is -0.890. The Kier molecular flexibility index (Phi) is 2.68. The van der Waals surface area contributed by atoms with Crippen molar-refractivity contribution in [2.45, 2.75) is 51.0 Å². The summed E-state index contributed by atoms with van der Waals surface area (Å²) in [5, 5.41) is 9.13. The summed E-state index contributed by atoms with van der Waals surface area (Å²) in [5.41, 5.74) is 3.74. The molecular formula is C14H19NO. The van der Waals surface area contributed by atoms with Gasteiger partial charge in [-0.15, -0.1) is 0 Å². The van der Waals surface area contributed by atoms with Crippen molar-refractivity contribution in [3.05, 3.63) is 29.1 Å². The van der Waals surface area contributed by atoms with Crippen molar-refractivity contribution in [3.63, 3.8) is 0 Å². The van der Waals surface area contributed by atoms with Crippen LogP contribution in [0.1, 0.15) is 54.8 Å². The third kappa shape index (κ3) is 2.27. The standard InChI is InChI=1S/C14H19NO/c16-9-13-7-12(4-3-10-1-2-10)14(8-15-13)11-5-6-11/h7-8,10-11,16H,1-6,9H2. The van der Waals surface area contributed by atoms with Crippen LogP contribution in [0.25, 0.3) is 0 Å². The summed E-state index contributed by atoms with van der Waals surface area (Å²) in [6, 6.07) is 2.12. The lowest BCUT2D eigenvalue weighted by molar-refractivity contribution is 0.276. The van der Waals surface area contributed by atoms with Gasteiger partial charge >= 0.3 is 0 Å². The van der Waals surface area contributed by atoms with Gasteiger partial charge in [-0.25, -0.2) is 0 Å². The molecule has 0 aliphatic heterocycles. The van der Waals surface area contributed by atoms with Crippen LogP contribution in [0.15, 0.2) is 12.3 Å². The highest BCUT2D eigenvalue weighted by molar-refractivity contribution is 5.32. The van der Waals surface area contributed by atoms with Crippen LogP contribution < -0.4 is 0 Å². The van der Waals surface area contributed by atoms with Crippen molar-refractivity contribution >= 4 is 0 Å². The van der Waals surface area contributed by atoms with Crippen molar-refractivity contribution < 1.29 is 5.11 Å². The molecule has 0 bridgehead atoms. The molecule has 0 amide bonds. The topological polar surface area (TPSA) is 33.1 Å². The van der Waals surface area contributed by atoms with E-state index in [1.165, 1.54) is 49.7 Å². The average Bonchev–Trinajstić information content (AvgIpc) is 3.18. The van der Waals surface area contributed by atoms with Gasteiger partial charge in [-0.1, -0.05) is 12.8 Å². The number of hydrogen-bond acceptors (Lipinski definition) is 2. The molecule has 16 heavy (non-hydrogen) atoms. The van der Waals surface area contributed by atoms with E-state index >= 15 is 0 Å². The maximum atomic E-state index is 9.13. The van der Waals surface area contributed by atoms with Gasteiger partial charge in [0, 0.05) is 6.20 Å². The van der Waals surface area contributed by atoms with Crippen LogP contribution >= 0.6 is 0 Å². The van der Waals surface area contributed by atoms with Crippen LogP contribution in [-0.4, -0.2) is 10.1 Å². The molecule has 1 aromatic rings. The van der Waals surface area contributed by atoms with Crippen LogP contribution in [0.2, 0.25) is 0 Å². The first-order chi connectivity index (χ1) is 7.86. The highest BCUT2D eigenvalue weighted by Crippen LogP contribution is 2.42. The van der Waals surface area contributed by atoms with Crippen molar-refractivity contribution in [3.8, 4) is 0 Å². The molecule has 1 N–H and O–H groups in total. The molecule has 2 aliphatic rings. The maximum Gasteiger partial charge on any atom is 0.0853 e. The van der Waals surface area contributed by atoms with Crippen LogP contribution in [0, 0.1) is 5.92 Å². The van der Waals surface area contributed by atoms with Crippen molar-refractivity contribution in [1.29, 1.82) is 0 Å². The quantitative estimate of drug-likeness (QED) is 0.822. The lowest BCUT2D eigenvalue weighted by atomic mass is 9.99. The van der Waals surface area contributed by atoms with E-state index in [0.29, 0.717) is 0 Å². The second-order valence-corrected chi connectivity index (χ2v) is 5.29. The molecule has 2 heteroatoms. The molecule has 0 atom stereocenters. The van der Waals surface area contributed by atoms with Gasteiger partial charge in [0.1, 0.15) is 0 Å². The first kappa shape index (κ1) is 10.3. The van der Waals surface area contributed by atoms with Crippen LogP contribution in [-0.2, 0) is 13.0 Å². The predicted molar refractivity (Wildman–Crippen MR) is 63.2 cm³/mol. The van der Waals surface area contributed by atoms with Crippen LogP contribution in [0.5, 0.6) is 0 Å². The van der Waals surface area contributed by atoms with Crippen molar-refractivity contribution in [2.24, 2.45) is 5.92 Å². The number of rotatable bonds is 5. The third-order valence-electron chi connectivity index (χ3n) is 3.78. The van der Waals surface area contributed by atoms with E-state index in [-0.39, 0.29) is 6.61 Å². The molecule has 86 valence electrons. The van der Waals surface area contributed by atoms with E-state index < -0.39 is 0 Å². The Morgan fingerprint density at radius 3 is 2.69 bits per heavy atom. The van der Waals surface area contributed by atoms with Gasteiger partial charge in [0.05, 0.1) is 12.3 Å². The molecule has 0 radical (unpaired) electrons. The minimum Gasteiger partial charge on any atom is -0.390 e. The molecule has 1 aromatic heterocycles. The fourth-order valence-electron chi connectivity index (χ4n) is 2.39. The van der Waals surface area contributed by atoms with Gasteiger partial charge in [-0.3, -0.25) is 4.98 Å². The van der Waals surface area contributed by atoms with Crippen molar-refractivity contribution in [2.75, 3.05) is 0 Å². The smallest absolute Gasteiger partial charge is 0.0853 e. The van der Waals surface area contributed by atoms with Crippen LogP contribution in [0.3, 0.4) is 0 Å². The zero-order chi connectivity index (χ0) is 11.0. The number of aliphatic hydroxyl groups is 1. The number of aryl methyl sites for hydroxylation is 1. The first-order valence-electron chi connectivity index (χ1n) is 6.45. The number of aliphatic hydroxyl groups excluding tert-OH is 1. The number of hydrogen-bond donors (Lipinski definition) is 1. The van der Waals surface area contributed by atoms with Gasteiger partial charge in [-0.2, -0.15) is 0 Å². The third-order valence-corrected chi connectivity index (χ3v) is 3.78. The fraction of sp³-hybridized carbons (Fsp3) is 0.643. The average molecular weight is 217 g/mol. The Balaban J connectivity index is 1.78. The van der Waals surface area contributed by atoms with Crippen LogP contribution in [0.4, 0.5) is 0 Å². The molecule has 0 unspecified atom stereocenters. The molecule has 2 fully saturated rings. The van der Waals surface area contributed by atoms with E-state index in [1.54, 1.807) is 0 Å². The number of pyridine rings is 1. The molecule has 2 nitrogen and oxygen atoms in total. The molecule has 0 spiro atoms. The SMILES string of the molecule is OCc1cc(CCC2CC2)c(C2CC2)cn1.